The van der Waals surface area contributed by atoms with Crippen LogP contribution in [0.25, 0.3) is 0 Å². The molecule has 0 aliphatic carbocycles. The van der Waals surface area contributed by atoms with Gasteiger partial charge >= 0.3 is 12.0 Å². The van der Waals surface area contributed by atoms with E-state index in [0.717, 1.165) is 19.4 Å². The van der Waals surface area contributed by atoms with Gasteiger partial charge in [0.15, 0.2) is 0 Å². The number of hydrogen-bond acceptors (Lipinski definition) is 3. The first-order valence-electron chi connectivity index (χ1n) is 7.34. The van der Waals surface area contributed by atoms with Gasteiger partial charge in [-0.3, -0.25) is 4.79 Å². The minimum Gasteiger partial charge on any atom is -0.481 e. The number of carbonyl (C=O) groups is 2. The van der Waals surface area contributed by atoms with Crippen molar-refractivity contribution in [1.29, 1.82) is 0 Å². The van der Waals surface area contributed by atoms with E-state index in [1.165, 1.54) is 0 Å². The fraction of sp³-hybridized carbons (Fsp3) is 0.857. The van der Waals surface area contributed by atoms with Crippen molar-refractivity contribution in [2.45, 2.75) is 46.1 Å². The SMILES string of the molecule is CCC(CNC(=O)NCCN(C)C(C)CC)CC(=O)O. The van der Waals surface area contributed by atoms with Gasteiger partial charge in [0.2, 0.25) is 0 Å². The van der Waals surface area contributed by atoms with Crippen LogP contribution in [0.3, 0.4) is 0 Å². The lowest BCUT2D eigenvalue weighted by Crippen LogP contribution is -2.42. The Bertz CT molecular complexity index is 297. The molecule has 0 aliphatic heterocycles. The average molecular weight is 287 g/mol. The molecule has 0 saturated heterocycles. The van der Waals surface area contributed by atoms with E-state index in [9.17, 15) is 9.59 Å². The lowest BCUT2D eigenvalue weighted by atomic mass is 10.0. The second kappa shape index (κ2) is 10.5. The standard InChI is InChI=1S/C14H29N3O3/c1-5-11(3)17(4)8-7-15-14(20)16-10-12(6-2)9-13(18)19/h11-12H,5-10H2,1-4H3,(H,18,19)(H2,15,16,20). The molecule has 0 spiro atoms. The highest BCUT2D eigenvalue weighted by Gasteiger charge is 2.12. The molecule has 0 bridgehead atoms. The van der Waals surface area contributed by atoms with Crippen molar-refractivity contribution in [3.05, 3.63) is 0 Å². The van der Waals surface area contributed by atoms with E-state index in [1.807, 2.05) is 14.0 Å². The zero-order valence-corrected chi connectivity index (χ0v) is 13.1. The summed E-state index contributed by atoms with van der Waals surface area (Å²) < 4.78 is 0. The maximum absolute atomic E-state index is 11.6. The van der Waals surface area contributed by atoms with Crippen LogP contribution in [-0.2, 0) is 4.79 Å². The number of nitrogens with zero attached hydrogens (tertiary/aromatic N) is 1. The quantitative estimate of drug-likeness (QED) is 0.569. The molecule has 0 aromatic rings. The van der Waals surface area contributed by atoms with Gasteiger partial charge in [0.05, 0.1) is 0 Å². The molecule has 0 rings (SSSR count). The van der Waals surface area contributed by atoms with Crippen LogP contribution in [0.2, 0.25) is 0 Å². The molecule has 0 aromatic heterocycles. The molecule has 2 amide bonds. The number of aliphatic carboxylic acids is 1. The van der Waals surface area contributed by atoms with Gasteiger partial charge in [0, 0.05) is 32.1 Å². The number of amides is 2. The molecule has 2 unspecified atom stereocenters. The van der Waals surface area contributed by atoms with Gasteiger partial charge in [-0.2, -0.15) is 0 Å². The molecule has 0 saturated carbocycles. The number of carbonyl (C=O) groups excluding carboxylic acids is 1. The first-order chi connectivity index (χ1) is 9.40. The van der Waals surface area contributed by atoms with E-state index in [0.29, 0.717) is 19.1 Å². The molecule has 6 heteroatoms. The fourth-order valence-electron chi connectivity index (χ4n) is 1.79. The largest absolute Gasteiger partial charge is 0.481 e. The van der Waals surface area contributed by atoms with Crippen molar-refractivity contribution in [1.82, 2.24) is 15.5 Å². The molecule has 2 atom stereocenters. The number of rotatable bonds is 10. The summed E-state index contributed by atoms with van der Waals surface area (Å²) in [6.07, 6.45) is 1.91. The number of carboxylic acid groups (broad SMARTS) is 1. The minimum absolute atomic E-state index is 0.0129. The normalized spacial score (nSPS) is 13.8. The van der Waals surface area contributed by atoms with Crippen molar-refractivity contribution in [2.75, 3.05) is 26.7 Å². The van der Waals surface area contributed by atoms with Crippen molar-refractivity contribution in [3.63, 3.8) is 0 Å². The second-order valence-corrected chi connectivity index (χ2v) is 5.25. The maximum atomic E-state index is 11.6. The summed E-state index contributed by atoms with van der Waals surface area (Å²) in [4.78, 5) is 24.4. The molecule has 20 heavy (non-hydrogen) atoms. The first kappa shape index (κ1) is 18.7. The Hall–Kier alpha value is -1.30. The third-order valence-corrected chi connectivity index (χ3v) is 3.69. The summed E-state index contributed by atoms with van der Waals surface area (Å²) in [5.74, 6) is -0.838. The summed E-state index contributed by atoms with van der Waals surface area (Å²) in [5.41, 5.74) is 0. The highest BCUT2D eigenvalue weighted by molar-refractivity contribution is 5.74. The molecule has 0 fully saturated rings. The van der Waals surface area contributed by atoms with Gasteiger partial charge in [-0.15, -0.1) is 0 Å². The topological polar surface area (TPSA) is 81.7 Å². The summed E-state index contributed by atoms with van der Waals surface area (Å²) in [6, 6.07) is 0.270. The molecule has 3 N–H and O–H groups in total. The number of carboxylic acids is 1. The lowest BCUT2D eigenvalue weighted by Gasteiger charge is -2.23. The summed E-state index contributed by atoms with van der Waals surface area (Å²) >= 11 is 0. The van der Waals surface area contributed by atoms with Crippen molar-refractivity contribution >= 4 is 12.0 Å². The number of likely N-dealkylation sites (N-methyl/N-ethyl adjacent to an activating group) is 1. The lowest BCUT2D eigenvalue weighted by molar-refractivity contribution is -0.138. The van der Waals surface area contributed by atoms with Crippen LogP contribution in [0.4, 0.5) is 4.79 Å². The van der Waals surface area contributed by atoms with Gasteiger partial charge in [-0.25, -0.2) is 4.79 Å². The first-order valence-corrected chi connectivity index (χ1v) is 7.34. The summed E-state index contributed by atoms with van der Waals surface area (Å²) in [5, 5.41) is 14.2. The Kier molecular flexibility index (Phi) is 9.80. The van der Waals surface area contributed by atoms with E-state index in [1.54, 1.807) is 0 Å². The maximum Gasteiger partial charge on any atom is 0.314 e. The molecule has 0 aliphatic rings. The monoisotopic (exact) mass is 287 g/mol. The Morgan fingerprint density at radius 1 is 1.20 bits per heavy atom. The van der Waals surface area contributed by atoms with Crippen LogP contribution < -0.4 is 10.6 Å². The van der Waals surface area contributed by atoms with Crippen LogP contribution in [0.1, 0.15) is 40.0 Å². The Balaban J connectivity index is 3.80. The van der Waals surface area contributed by atoms with Gasteiger partial charge in [-0.05, 0) is 26.3 Å². The van der Waals surface area contributed by atoms with E-state index >= 15 is 0 Å². The van der Waals surface area contributed by atoms with E-state index in [2.05, 4.69) is 29.4 Å². The number of nitrogens with one attached hydrogen (secondary N) is 2. The van der Waals surface area contributed by atoms with Gasteiger partial charge in [0.25, 0.3) is 0 Å². The zero-order chi connectivity index (χ0) is 15.5. The fourth-order valence-corrected chi connectivity index (χ4v) is 1.79. The Morgan fingerprint density at radius 3 is 2.35 bits per heavy atom. The summed E-state index contributed by atoms with van der Waals surface area (Å²) in [6.45, 7) is 7.99. The van der Waals surface area contributed by atoms with Crippen molar-refractivity contribution in [3.8, 4) is 0 Å². The van der Waals surface area contributed by atoms with Crippen molar-refractivity contribution in [2.24, 2.45) is 5.92 Å². The van der Waals surface area contributed by atoms with E-state index in [4.69, 9.17) is 5.11 Å². The molecular formula is C14H29N3O3. The Labute approximate surface area is 121 Å². The van der Waals surface area contributed by atoms with Gasteiger partial charge in [-0.1, -0.05) is 20.3 Å². The van der Waals surface area contributed by atoms with Crippen LogP contribution >= 0.6 is 0 Å². The van der Waals surface area contributed by atoms with Crippen LogP contribution in [0.5, 0.6) is 0 Å². The highest BCUT2D eigenvalue weighted by atomic mass is 16.4. The molecule has 0 radical (unpaired) electrons. The average Bonchev–Trinajstić information content (AvgIpc) is 2.41. The molecular weight excluding hydrogens is 258 g/mol. The van der Waals surface area contributed by atoms with Crippen LogP contribution in [0.15, 0.2) is 0 Å². The molecule has 0 heterocycles. The van der Waals surface area contributed by atoms with Gasteiger partial charge in [0.1, 0.15) is 0 Å². The number of urea groups is 1. The minimum atomic E-state index is -0.825. The summed E-state index contributed by atoms with van der Waals surface area (Å²) in [7, 11) is 2.04. The third-order valence-electron chi connectivity index (χ3n) is 3.69. The Morgan fingerprint density at radius 2 is 1.85 bits per heavy atom. The molecule has 118 valence electrons. The van der Waals surface area contributed by atoms with Gasteiger partial charge < -0.3 is 20.6 Å². The zero-order valence-electron chi connectivity index (χ0n) is 13.1. The number of hydrogen-bond donors (Lipinski definition) is 3. The predicted octanol–water partition coefficient (Wildman–Crippen LogP) is 1.52. The van der Waals surface area contributed by atoms with E-state index in [-0.39, 0.29) is 18.4 Å². The predicted molar refractivity (Wildman–Crippen MR) is 79.8 cm³/mol. The van der Waals surface area contributed by atoms with E-state index < -0.39 is 5.97 Å². The molecule has 6 nitrogen and oxygen atoms in total. The second-order valence-electron chi connectivity index (χ2n) is 5.25. The smallest absolute Gasteiger partial charge is 0.314 e. The highest BCUT2D eigenvalue weighted by Crippen LogP contribution is 2.06. The van der Waals surface area contributed by atoms with Crippen molar-refractivity contribution < 1.29 is 14.7 Å². The van der Waals surface area contributed by atoms with Crippen LogP contribution in [-0.4, -0.2) is 54.7 Å². The molecule has 0 aromatic carbocycles. The van der Waals surface area contributed by atoms with Crippen LogP contribution in [0, 0.1) is 5.92 Å². The third kappa shape index (κ3) is 8.74.